The third-order valence-electron chi connectivity index (χ3n) is 2.69. The minimum absolute atomic E-state index is 0.157. The Bertz CT molecular complexity index is 421. The van der Waals surface area contributed by atoms with Gasteiger partial charge >= 0.3 is 0 Å². The van der Waals surface area contributed by atoms with Crippen molar-refractivity contribution in [2.75, 3.05) is 0 Å². The molecule has 0 atom stereocenters. The first kappa shape index (κ1) is 9.06. The molecule has 0 unspecified atom stereocenters. The van der Waals surface area contributed by atoms with E-state index < -0.39 is 0 Å². The highest BCUT2D eigenvalue weighted by atomic mass is 16.3. The van der Waals surface area contributed by atoms with Gasteiger partial charge in [-0.25, -0.2) is 0 Å². The Hall–Kier alpha value is -1.51. The summed E-state index contributed by atoms with van der Waals surface area (Å²) >= 11 is 0. The molecule has 3 nitrogen and oxygen atoms in total. The van der Waals surface area contributed by atoms with Crippen molar-refractivity contribution < 1.29 is 4.79 Å². The maximum Gasteiger partial charge on any atom is 0.169 e. The zero-order valence-corrected chi connectivity index (χ0v) is 8.20. The molecule has 1 aromatic carbocycles. The van der Waals surface area contributed by atoms with Crippen molar-refractivity contribution in [2.24, 2.45) is 10.6 Å². The van der Waals surface area contributed by atoms with Crippen LogP contribution in [0.2, 0.25) is 0 Å². The normalized spacial score (nSPS) is 18.0. The smallest absolute Gasteiger partial charge is 0.169 e. The largest absolute Gasteiger partial charge is 0.294 e. The van der Waals surface area contributed by atoms with E-state index in [0.717, 1.165) is 11.1 Å². The van der Waals surface area contributed by atoms with Crippen molar-refractivity contribution in [1.29, 1.82) is 0 Å². The molecule has 0 aliphatic heterocycles. The van der Waals surface area contributed by atoms with Crippen LogP contribution < -0.4 is 0 Å². The third kappa shape index (κ3) is 1.16. The maximum absolute atomic E-state index is 11.8. The number of carbonyl (C=O) groups is 1. The first-order valence-electron chi connectivity index (χ1n) is 4.56. The van der Waals surface area contributed by atoms with Crippen molar-refractivity contribution in [3.05, 3.63) is 34.2 Å². The number of rotatable bonds is 1. The molecule has 14 heavy (non-hydrogen) atoms. The molecule has 0 spiro atoms. The summed E-state index contributed by atoms with van der Waals surface area (Å²) in [5.74, 6) is 0.157. The van der Waals surface area contributed by atoms with Gasteiger partial charge in [-0.3, -0.25) is 4.79 Å². The van der Waals surface area contributed by atoms with Crippen LogP contribution in [0.4, 0.5) is 5.69 Å². The Balaban J connectivity index is 2.54. The van der Waals surface area contributed by atoms with Crippen LogP contribution in [0.3, 0.4) is 0 Å². The second-order valence-electron chi connectivity index (χ2n) is 4.32. The lowest BCUT2D eigenvalue weighted by atomic mass is 9.89. The highest BCUT2D eigenvalue weighted by Crippen LogP contribution is 2.37. The van der Waals surface area contributed by atoms with Crippen LogP contribution in [0.15, 0.2) is 23.4 Å². The van der Waals surface area contributed by atoms with Gasteiger partial charge < -0.3 is 0 Å². The molecule has 0 bridgehead atoms. The fraction of sp³-hybridized carbons (Fsp3) is 0.364. The SMILES string of the molecule is CC1(C)Cc2cc(N=O)ccc2C1=O. The van der Waals surface area contributed by atoms with Gasteiger partial charge in [0.25, 0.3) is 0 Å². The second kappa shape index (κ2) is 2.74. The quantitative estimate of drug-likeness (QED) is 0.637. The van der Waals surface area contributed by atoms with Gasteiger partial charge in [-0.2, -0.15) is 0 Å². The van der Waals surface area contributed by atoms with Gasteiger partial charge in [-0.15, -0.1) is 4.91 Å². The van der Waals surface area contributed by atoms with E-state index in [-0.39, 0.29) is 11.2 Å². The van der Waals surface area contributed by atoms with Crippen LogP contribution in [0, 0.1) is 10.3 Å². The molecule has 3 heteroatoms. The highest BCUT2D eigenvalue weighted by Gasteiger charge is 2.37. The van der Waals surface area contributed by atoms with Gasteiger partial charge in [-0.05, 0) is 35.4 Å². The minimum atomic E-state index is -0.330. The number of nitrogens with zero attached hydrogens (tertiary/aromatic N) is 1. The summed E-state index contributed by atoms with van der Waals surface area (Å²) in [5.41, 5.74) is 1.75. The van der Waals surface area contributed by atoms with Crippen LogP contribution in [0.25, 0.3) is 0 Å². The number of nitroso groups, excluding NO2 is 1. The Kier molecular flexibility index (Phi) is 1.77. The highest BCUT2D eigenvalue weighted by molar-refractivity contribution is 6.04. The molecule has 0 heterocycles. The van der Waals surface area contributed by atoms with Gasteiger partial charge in [0.2, 0.25) is 0 Å². The van der Waals surface area contributed by atoms with Crippen LogP contribution in [0.5, 0.6) is 0 Å². The average molecular weight is 189 g/mol. The van der Waals surface area contributed by atoms with E-state index in [2.05, 4.69) is 5.18 Å². The van der Waals surface area contributed by atoms with E-state index in [4.69, 9.17) is 0 Å². The van der Waals surface area contributed by atoms with Crippen molar-refractivity contribution >= 4 is 11.5 Å². The zero-order valence-electron chi connectivity index (χ0n) is 8.20. The van der Waals surface area contributed by atoms with Crippen molar-refractivity contribution in [3.8, 4) is 0 Å². The number of carbonyl (C=O) groups excluding carboxylic acids is 1. The molecule has 0 amide bonds. The van der Waals surface area contributed by atoms with Crippen LogP contribution in [-0.4, -0.2) is 5.78 Å². The van der Waals surface area contributed by atoms with E-state index in [1.807, 2.05) is 13.8 Å². The Morgan fingerprint density at radius 2 is 2.07 bits per heavy atom. The number of hydrogen-bond acceptors (Lipinski definition) is 3. The molecule has 0 saturated heterocycles. The number of fused-ring (bicyclic) bond motifs is 1. The summed E-state index contributed by atoms with van der Waals surface area (Å²) in [7, 11) is 0. The van der Waals surface area contributed by atoms with Gasteiger partial charge in [0, 0.05) is 11.0 Å². The monoisotopic (exact) mass is 189 g/mol. The molecule has 0 N–H and O–H groups in total. The number of ketones is 1. The molecular formula is C11H11NO2. The lowest BCUT2D eigenvalue weighted by Crippen LogP contribution is -2.18. The average Bonchev–Trinajstić information content (AvgIpc) is 2.37. The molecule has 0 fully saturated rings. The lowest BCUT2D eigenvalue weighted by molar-refractivity contribution is 0.0863. The molecule has 2 rings (SSSR count). The predicted octanol–water partition coefficient (Wildman–Crippen LogP) is 2.85. The van der Waals surface area contributed by atoms with Crippen LogP contribution >= 0.6 is 0 Å². The molecule has 0 saturated carbocycles. The molecular weight excluding hydrogens is 178 g/mol. The number of hydrogen-bond donors (Lipinski definition) is 0. The third-order valence-corrected chi connectivity index (χ3v) is 2.69. The van der Waals surface area contributed by atoms with Crippen molar-refractivity contribution in [3.63, 3.8) is 0 Å². The maximum atomic E-state index is 11.8. The van der Waals surface area contributed by atoms with Gasteiger partial charge in [-0.1, -0.05) is 13.8 Å². The number of Topliss-reactive ketones (excluding diaryl/α,β-unsaturated/α-hetero) is 1. The van der Waals surface area contributed by atoms with Gasteiger partial charge in [0.05, 0.1) is 0 Å². The fourth-order valence-corrected chi connectivity index (χ4v) is 1.93. The summed E-state index contributed by atoms with van der Waals surface area (Å²) in [6.45, 7) is 3.84. The van der Waals surface area contributed by atoms with Gasteiger partial charge in [0.15, 0.2) is 5.78 Å². The van der Waals surface area contributed by atoms with E-state index in [1.54, 1.807) is 18.2 Å². The first-order valence-corrected chi connectivity index (χ1v) is 4.56. The van der Waals surface area contributed by atoms with Crippen molar-refractivity contribution in [1.82, 2.24) is 0 Å². The standard InChI is InChI=1S/C11H11NO2/c1-11(2)6-7-5-8(12-14)3-4-9(7)10(11)13/h3-5H,6H2,1-2H3. The van der Waals surface area contributed by atoms with E-state index >= 15 is 0 Å². The summed E-state index contributed by atoms with van der Waals surface area (Å²) in [4.78, 5) is 22.1. The molecule has 1 aromatic rings. The first-order chi connectivity index (χ1) is 6.54. The predicted molar refractivity (Wildman–Crippen MR) is 53.7 cm³/mol. The molecule has 72 valence electrons. The summed E-state index contributed by atoms with van der Waals surface area (Å²) in [6, 6.07) is 4.99. The molecule has 0 radical (unpaired) electrons. The van der Waals surface area contributed by atoms with Gasteiger partial charge in [0.1, 0.15) is 5.69 Å². The zero-order chi connectivity index (χ0) is 10.3. The topological polar surface area (TPSA) is 46.5 Å². The fourth-order valence-electron chi connectivity index (χ4n) is 1.93. The molecule has 1 aliphatic rings. The molecule has 1 aliphatic carbocycles. The Morgan fingerprint density at radius 1 is 1.36 bits per heavy atom. The molecule has 0 aromatic heterocycles. The Labute approximate surface area is 82.1 Å². The van der Waals surface area contributed by atoms with Crippen LogP contribution in [0.1, 0.15) is 29.8 Å². The Morgan fingerprint density at radius 3 is 2.71 bits per heavy atom. The van der Waals surface area contributed by atoms with Crippen molar-refractivity contribution in [2.45, 2.75) is 20.3 Å². The van der Waals surface area contributed by atoms with Crippen LogP contribution in [-0.2, 0) is 6.42 Å². The summed E-state index contributed by atoms with van der Waals surface area (Å²) in [6.07, 6.45) is 0.699. The second-order valence-corrected chi connectivity index (χ2v) is 4.32. The van der Waals surface area contributed by atoms with E-state index in [1.165, 1.54) is 0 Å². The summed E-state index contributed by atoms with van der Waals surface area (Å²) < 4.78 is 0. The van der Waals surface area contributed by atoms with E-state index in [0.29, 0.717) is 12.1 Å². The minimum Gasteiger partial charge on any atom is -0.294 e. The lowest BCUT2D eigenvalue weighted by Gasteiger charge is -2.12. The number of benzene rings is 1. The van der Waals surface area contributed by atoms with E-state index in [9.17, 15) is 9.70 Å². The summed E-state index contributed by atoms with van der Waals surface area (Å²) in [5, 5.41) is 2.86.